The Morgan fingerprint density at radius 1 is 0.926 bits per heavy atom. The third kappa shape index (κ3) is 5.60. The summed E-state index contributed by atoms with van der Waals surface area (Å²) in [4.78, 5) is 26.9. The molecule has 3 N–H and O–H groups in total. The van der Waals surface area contributed by atoms with E-state index in [4.69, 9.17) is 4.74 Å². The van der Waals surface area contributed by atoms with Crippen LogP contribution in [0.15, 0.2) is 60.8 Å². The smallest absolute Gasteiger partial charge is 0.239 e. The Morgan fingerprint density at radius 2 is 1.70 bits per heavy atom. The van der Waals surface area contributed by atoms with E-state index in [0.29, 0.717) is 6.54 Å². The van der Waals surface area contributed by atoms with Crippen LogP contribution < -0.4 is 15.4 Å². The number of hydrogen-bond acceptors (Lipinski definition) is 3. The van der Waals surface area contributed by atoms with Gasteiger partial charge < -0.3 is 20.4 Å². The molecule has 2 amide bonds. The minimum absolute atomic E-state index is 0.0297. The highest BCUT2D eigenvalue weighted by molar-refractivity contribution is 5.85. The second kappa shape index (κ2) is 9.43. The molecule has 6 nitrogen and oxygen atoms in total. The molecule has 0 aliphatic heterocycles. The number of ether oxygens (including phenoxy) is 1. The van der Waals surface area contributed by atoms with Crippen LogP contribution in [0.25, 0.3) is 10.9 Å². The van der Waals surface area contributed by atoms with Crippen LogP contribution in [0.4, 0.5) is 0 Å². The minimum Gasteiger partial charge on any atom is -0.493 e. The molecule has 0 bridgehead atoms. The highest BCUT2D eigenvalue weighted by Crippen LogP contribution is 2.17. The fraction of sp³-hybridized carbons (Fsp3) is 0.238. The molecule has 3 aromatic rings. The van der Waals surface area contributed by atoms with Crippen molar-refractivity contribution in [1.82, 2.24) is 15.6 Å². The number of carbonyl (C=O) groups excluding carboxylic acids is 2. The van der Waals surface area contributed by atoms with Crippen LogP contribution in [0.2, 0.25) is 0 Å². The SMILES string of the molecule is O=C(CCOc1ccccc1)NCC(=O)NCCc1c[nH]c2ccccc12. The van der Waals surface area contributed by atoms with Crippen molar-refractivity contribution in [3.8, 4) is 5.75 Å². The van der Waals surface area contributed by atoms with Crippen molar-refractivity contribution in [2.24, 2.45) is 0 Å². The normalized spacial score (nSPS) is 10.5. The van der Waals surface area contributed by atoms with E-state index in [1.54, 1.807) is 0 Å². The Kier molecular flexibility index (Phi) is 6.46. The van der Waals surface area contributed by atoms with Crippen LogP contribution in [0, 0.1) is 0 Å². The Bertz CT molecular complexity index is 890. The molecule has 0 spiro atoms. The van der Waals surface area contributed by atoms with E-state index in [0.717, 1.165) is 23.3 Å². The summed E-state index contributed by atoms with van der Waals surface area (Å²) >= 11 is 0. The van der Waals surface area contributed by atoms with Crippen molar-refractivity contribution in [1.29, 1.82) is 0 Å². The molecule has 0 radical (unpaired) electrons. The number of amides is 2. The molecule has 0 atom stereocenters. The molecule has 1 aromatic heterocycles. The number of nitrogens with one attached hydrogen (secondary N) is 3. The van der Waals surface area contributed by atoms with Crippen molar-refractivity contribution >= 4 is 22.7 Å². The van der Waals surface area contributed by atoms with Gasteiger partial charge in [-0.2, -0.15) is 0 Å². The number of H-pyrrole nitrogens is 1. The third-order valence-corrected chi connectivity index (χ3v) is 4.18. The molecular weight excluding hydrogens is 342 g/mol. The summed E-state index contributed by atoms with van der Waals surface area (Å²) in [7, 11) is 0. The first-order valence-corrected chi connectivity index (χ1v) is 8.98. The predicted molar refractivity (Wildman–Crippen MR) is 105 cm³/mol. The van der Waals surface area contributed by atoms with Crippen molar-refractivity contribution in [2.75, 3.05) is 19.7 Å². The van der Waals surface area contributed by atoms with Gasteiger partial charge in [0.1, 0.15) is 5.75 Å². The van der Waals surface area contributed by atoms with E-state index in [1.165, 1.54) is 5.39 Å². The van der Waals surface area contributed by atoms with Gasteiger partial charge >= 0.3 is 0 Å². The average molecular weight is 365 g/mol. The molecule has 27 heavy (non-hydrogen) atoms. The van der Waals surface area contributed by atoms with Gasteiger partial charge in [0.05, 0.1) is 19.6 Å². The number of rotatable bonds is 9. The van der Waals surface area contributed by atoms with Crippen molar-refractivity contribution < 1.29 is 14.3 Å². The fourth-order valence-corrected chi connectivity index (χ4v) is 2.78. The minimum atomic E-state index is -0.210. The Labute approximate surface area is 157 Å². The molecule has 0 aliphatic rings. The van der Waals surface area contributed by atoms with Crippen molar-refractivity contribution in [2.45, 2.75) is 12.8 Å². The van der Waals surface area contributed by atoms with E-state index < -0.39 is 0 Å². The van der Waals surface area contributed by atoms with Gasteiger partial charge in [-0.15, -0.1) is 0 Å². The van der Waals surface area contributed by atoms with Gasteiger partial charge in [-0.3, -0.25) is 9.59 Å². The molecule has 0 aliphatic carbocycles. The monoisotopic (exact) mass is 365 g/mol. The van der Waals surface area contributed by atoms with Crippen molar-refractivity contribution in [3.63, 3.8) is 0 Å². The highest BCUT2D eigenvalue weighted by Gasteiger charge is 2.07. The van der Waals surface area contributed by atoms with Gasteiger partial charge in [-0.1, -0.05) is 36.4 Å². The largest absolute Gasteiger partial charge is 0.493 e. The third-order valence-electron chi connectivity index (χ3n) is 4.18. The van der Waals surface area contributed by atoms with Crippen LogP contribution in [-0.2, 0) is 16.0 Å². The van der Waals surface area contributed by atoms with Gasteiger partial charge in [0, 0.05) is 23.6 Å². The molecule has 3 rings (SSSR count). The van der Waals surface area contributed by atoms with Crippen molar-refractivity contribution in [3.05, 3.63) is 66.4 Å². The number of aromatic nitrogens is 1. The number of carbonyl (C=O) groups is 2. The molecule has 140 valence electrons. The number of hydrogen-bond donors (Lipinski definition) is 3. The van der Waals surface area contributed by atoms with E-state index in [2.05, 4.69) is 21.7 Å². The molecule has 0 fully saturated rings. The van der Waals surface area contributed by atoms with Gasteiger partial charge in [-0.25, -0.2) is 0 Å². The summed E-state index contributed by atoms with van der Waals surface area (Å²) < 4.78 is 5.46. The first kappa shape index (κ1) is 18.5. The second-order valence-corrected chi connectivity index (χ2v) is 6.15. The molecular formula is C21H23N3O3. The van der Waals surface area contributed by atoms with Crippen LogP contribution in [0.5, 0.6) is 5.75 Å². The molecule has 0 saturated heterocycles. The molecule has 2 aromatic carbocycles. The summed E-state index contributed by atoms with van der Waals surface area (Å²) in [6, 6.07) is 17.4. The van der Waals surface area contributed by atoms with Gasteiger partial charge in [0.2, 0.25) is 11.8 Å². The maximum Gasteiger partial charge on any atom is 0.239 e. The topological polar surface area (TPSA) is 83.2 Å². The Balaban J connectivity index is 1.30. The van der Waals surface area contributed by atoms with Gasteiger partial charge in [-0.05, 0) is 30.2 Å². The zero-order valence-corrected chi connectivity index (χ0v) is 15.0. The number of fused-ring (bicyclic) bond motifs is 1. The van der Waals surface area contributed by atoms with Crippen LogP contribution in [-0.4, -0.2) is 36.5 Å². The standard InChI is InChI=1S/C21H23N3O3/c25-20(11-13-27-17-6-2-1-3-7-17)24-15-21(26)22-12-10-16-14-23-19-9-5-4-8-18(16)19/h1-9,14,23H,10-13,15H2,(H,22,26)(H,24,25). The second-order valence-electron chi connectivity index (χ2n) is 6.15. The van der Waals surface area contributed by atoms with Crippen LogP contribution in [0.3, 0.4) is 0 Å². The zero-order chi connectivity index (χ0) is 18.9. The lowest BCUT2D eigenvalue weighted by molar-refractivity contribution is -0.126. The lowest BCUT2D eigenvalue weighted by Gasteiger charge is -2.08. The lowest BCUT2D eigenvalue weighted by atomic mass is 10.1. The summed E-state index contributed by atoms with van der Waals surface area (Å²) in [5.74, 6) is 0.310. The molecule has 0 saturated carbocycles. The first-order valence-electron chi connectivity index (χ1n) is 8.98. The lowest BCUT2D eigenvalue weighted by Crippen LogP contribution is -2.38. The average Bonchev–Trinajstić information content (AvgIpc) is 3.10. The molecule has 6 heteroatoms. The number of benzene rings is 2. The van der Waals surface area contributed by atoms with E-state index in [1.807, 2.05) is 54.7 Å². The van der Waals surface area contributed by atoms with Crippen LogP contribution in [0.1, 0.15) is 12.0 Å². The molecule has 0 unspecified atom stereocenters. The van der Waals surface area contributed by atoms with Gasteiger partial charge in [0.25, 0.3) is 0 Å². The summed E-state index contributed by atoms with van der Waals surface area (Å²) in [5, 5.41) is 6.59. The van der Waals surface area contributed by atoms with Gasteiger partial charge in [0.15, 0.2) is 0 Å². The maximum absolute atomic E-state index is 11.9. The number of para-hydroxylation sites is 2. The number of aromatic amines is 1. The fourth-order valence-electron chi connectivity index (χ4n) is 2.78. The Hall–Kier alpha value is -3.28. The van der Waals surface area contributed by atoms with E-state index in [-0.39, 0.29) is 31.4 Å². The zero-order valence-electron chi connectivity index (χ0n) is 15.0. The summed E-state index contributed by atoms with van der Waals surface area (Å²) in [6.07, 6.45) is 2.90. The summed E-state index contributed by atoms with van der Waals surface area (Å²) in [6.45, 7) is 0.768. The summed E-state index contributed by atoms with van der Waals surface area (Å²) in [5.41, 5.74) is 2.25. The van der Waals surface area contributed by atoms with Crippen LogP contribution >= 0.6 is 0 Å². The Morgan fingerprint density at radius 3 is 2.56 bits per heavy atom. The van der Waals surface area contributed by atoms with E-state index in [9.17, 15) is 9.59 Å². The first-order chi connectivity index (χ1) is 13.2. The predicted octanol–water partition coefficient (Wildman–Crippen LogP) is 2.41. The maximum atomic E-state index is 11.9. The highest BCUT2D eigenvalue weighted by atomic mass is 16.5. The quantitative estimate of drug-likeness (QED) is 0.545. The van der Waals surface area contributed by atoms with E-state index >= 15 is 0 Å². The molecule has 1 heterocycles.